The monoisotopic (exact) mass is 408 g/mol. The number of nitrogens with zero attached hydrogens (tertiary/aromatic N) is 3. The van der Waals surface area contributed by atoms with Crippen molar-refractivity contribution in [1.29, 1.82) is 0 Å². The molecule has 1 aliphatic heterocycles. The van der Waals surface area contributed by atoms with E-state index >= 15 is 0 Å². The average Bonchev–Trinajstić information content (AvgIpc) is 3.17. The van der Waals surface area contributed by atoms with Crippen molar-refractivity contribution in [2.24, 2.45) is 7.05 Å². The smallest absolute Gasteiger partial charge is 0.272 e. The average molecular weight is 408 g/mol. The quantitative estimate of drug-likeness (QED) is 0.594. The number of nitrogens with one attached hydrogen (secondary N) is 1. The van der Waals surface area contributed by atoms with Crippen LogP contribution in [0.5, 0.6) is 0 Å². The van der Waals surface area contributed by atoms with E-state index in [1.54, 1.807) is 29.9 Å². The van der Waals surface area contributed by atoms with Gasteiger partial charge in [0.25, 0.3) is 17.7 Å². The molecule has 1 aromatic heterocycles. The summed E-state index contributed by atoms with van der Waals surface area (Å²) >= 11 is 0. The summed E-state index contributed by atoms with van der Waals surface area (Å²) in [5.74, 6) is -2.11. The maximum Gasteiger partial charge on any atom is 0.272 e. The zero-order valence-electron chi connectivity index (χ0n) is 16.6. The SMILES string of the molecule is Cc1cc(C(=O)NCc2cccc3c2C(=O)N(C2CCC(=O)CC2=O)C3=O)nn1C. The van der Waals surface area contributed by atoms with Gasteiger partial charge in [-0.15, -0.1) is 0 Å². The van der Waals surface area contributed by atoms with Crippen molar-refractivity contribution in [3.63, 3.8) is 0 Å². The molecule has 4 rings (SSSR count). The van der Waals surface area contributed by atoms with Gasteiger partial charge in [-0.25, -0.2) is 0 Å². The van der Waals surface area contributed by atoms with Crippen LogP contribution in [0.2, 0.25) is 0 Å². The minimum Gasteiger partial charge on any atom is -0.347 e. The zero-order valence-corrected chi connectivity index (χ0v) is 16.6. The molecule has 9 nitrogen and oxygen atoms in total. The molecule has 1 unspecified atom stereocenters. The Labute approximate surface area is 172 Å². The molecule has 2 aromatic rings. The maximum absolute atomic E-state index is 13.1. The predicted octanol–water partition coefficient (Wildman–Crippen LogP) is 0.945. The normalized spacial score (nSPS) is 18.7. The molecular weight excluding hydrogens is 388 g/mol. The predicted molar refractivity (Wildman–Crippen MR) is 104 cm³/mol. The minimum atomic E-state index is -0.922. The maximum atomic E-state index is 13.1. The molecule has 1 aromatic carbocycles. The molecule has 1 aliphatic carbocycles. The molecule has 0 bridgehead atoms. The van der Waals surface area contributed by atoms with Gasteiger partial charge in [-0.2, -0.15) is 5.10 Å². The summed E-state index contributed by atoms with van der Waals surface area (Å²) < 4.78 is 1.58. The van der Waals surface area contributed by atoms with Crippen molar-refractivity contribution in [3.05, 3.63) is 52.3 Å². The fourth-order valence-electron chi connectivity index (χ4n) is 3.87. The van der Waals surface area contributed by atoms with Crippen LogP contribution in [0.4, 0.5) is 0 Å². The molecule has 1 fully saturated rings. The number of rotatable bonds is 4. The first-order chi connectivity index (χ1) is 14.3. The van der Waals surface area contributed by atoms with E-state index in [1.807, 2.05) is 6.92 Å². The van der Waals surface area contributed by atoms with Crippen LogP contribution in [0.15, 0.2) is 24.3 Å². The first-order valence-corrected chi connectivity index (χ1v) is 9.61. The van der Waals surface area contributed by atoms with E-state index in [9.17, 15) is 24.0 Å². The lowest BCUT2D eigenvalue weighted by atomic mass is 9.92. The molecule has 2 heterocycles. The zero-order chi connectivity index (χ0) is 21.6. The van der Waals surface area contributed by atoms with Crippen molar-refractivity contribution < 1.29 is 24.0 Å². The number of benzene rings is 1. The molecule has 9 heteroatoms. The highest BCUT2D eigenvalue weighted by Crippen LogP contribution is 2.31. The van der Waals surface area contributed by atoms with E-state index in [0.717, 1.165) is 10.6 Å². The van der Waals surface area contributed by atoms with Gasteiger partial charge in [0, 0.05) is 25.7 Å². The summed E-state index contributed by atoms with van der Waals surface area (Å²) in [6, 6.07) is 5.54. The fraction of sp³-hybridized carbons (Fsp3) is 0.333. The molecule has 3 amide bonds. The molecule has 30 heavy (non-hydrogen) atoms. The van der Waals surface area contributed by atoms with Crippen molar-refractivity contribution in [2.45, 2.75) is 38.8 Å². The van der Waals surface area contributed by atoms with E-state index in [-0.39, 0.29) is 48.4 Å². The van der Waals surface area contributed by atoms with Crippen LogP contribution in [0.3, 0.4) is 0 Å². The number of carbonyl (C=O) groups excluding carboxylic acids is 5. The van der Waals surface area contributed by atoms with Gasteiger partial charge in [0.15, 0.2) is 5.78 Å². The largest absolute Gasteiger partial charge is 0.347 e. The number of aryl methyl sites for hydroxylation is 2. The molecule has 0 saturated heterocycles. The third-order valence-electron chi connectivity index (χ3n) is 5.57. The minimum absolute atomic E-state index is 0.0294. The van der Waals surface area contributed by atoms with Crippen LogP contribution in [-0.4, -0.2) is 50.0 Å². The van der Waals surface area contributed by atoms with Crippen LogP contribution >= 0.6 is 0 Å². The van der Waals surface area contributed by atoms with Crippen molar-refractivity contribution in [1.82, 2.24) is 20.0 Å². The van der Waals surface area contributed by atoms with E-state index in [1.165, 1.54) is 6.07 Å². The van der Waals surface area contributed by atoms with E-state index in [2.05, 4.69) is 10.4 Å². The number of hydrogen-bond donors (Lipinski definition) is 1. The Bertz CT molecular complexity index is 1100. The number of fused-ring (bicyclic) bond motifs is 1. The number of imide groups is 1. The Kier molecular flexibility index (Phi) is 4.81. The van der Waals surface area contributed by atoms with E-state index in [0.29, 0.717) is 5.56 Å². The van der Waals surface area contributed by atoms with Gasteiger partial charge >= 0.3 is 0 Å². The molecule has 2 aliphatic rings. The molecule has 0 radical (unpaired) electrons. The summed E-state index contributed by atoms with van der Waals surface area (Å²) in [5.41, 5.74) is 1.94. The fourth-order valence-corrected chi connectivity index (χ4v) is 3.87. The Morgan fingerprint density at radius 1 is 1.20 bits per heavy atom. The lowest BCUT2D eigenvalue weighted by Gasteiger charge is -2.27. The number of Topliss-reactive ketones (excluding diaryl/α,β-unsaturated/α-hetero) is 2. The number of carbonyl (C=O) groups is 5. The number of amides is 3. The Balaban J connectivity index is 1.56. The highest BCUT2D eigenvalue weighted by Gasteiger charge is 2.45. The summed E-state index contributed by atoms with van der Waals surface area (Å²) in [6.45, 7) is 1.86. The molecular formula is C21H20N4O5. The topological polar surface area (TPSA) is 118 Å². The summed E-state index contributed by atoms with van der Waals surface area (Å²) in [7, 11) is 1.73. The standard InChI is InChI=1S/C21H20N4O5/c1-11-8-15(23-24(11)2)19(28)22-10-12-4-3-5-14-18(12)21(30)25(20(14)29)16-7-6-13(26)9-17(16)27/h3-5,8,16H,6-7,9-10H2,1-2H3,(H,22,28). The molecule has 1 atom stereocenters. The summed E-state index contributed by atoms with van der Waals surface area (Å²) in [5, 5.41) is 6.84. The van der Waals surface area contributed by atoms with Crippen LogP contribution in [0.25, 0.3) is 0 Å². The van der Waals surface area contributed by atoms with Gasteiger partial charge in [-0.05, 0) is 31.0 Å². The second-order valence-corrected chi connectivity index (χ2v) is 7.53. The van der Waals surface area contributed by atoms with Gasteiger partial charge in [0.2, 0.25) is 0 Å². The first-order valence-electron chi connectivity index (χ1n) is 9.61. The number of hydrogen-bond acceptors (Lipinski definition) is 6. The molecule has 1 N–H and O–H groups in total. The van der Waals surface area contributed by atoms with Gasteiger partial charge in [-0.1, -0.05) is 12.1 Å². The number of aromatic nitrogens is 2. The van der Waals surface area contributed by atoms with Gasteiger partial charge in [-0.3, -0.25) is 33.6 Å². The third-order valence-corrected chi connectivity index (χ3v) is 5.57. The van der Waals surface area contributed by atoms with Crippen LogP contribution in [0.1, 0.15) is 61.7 Å². The van der Waals surface area contributed by atoms with Crippen molar-refractivity contribution in [3.8, 4) is 0 Å². The molecule has 0 spiro atoms. The second-order valence-electron chi connectivity index (χ2n) is 7.53. The second kappa shape index (κ2) is 7.33. The summed E-state index contributed by atoms with van der Waals surface area (Å²) in [6.07, 6.45) is 0.0505. The van der Waals surface area contributed by atoms with Crippen LogP contribution < -0.4 is 5.32 Å². The lowest BCUT2D eigenvalue weighted by molar-refractivity contribution is -0.132. The van der Waals surface area contributed by atoms with Crippen molar-refractivity contribution >= 4 is 29.3 Å². The van der Waals surface area contributed by atoms with Gasteiger partial charge < -0.3 is 5.32 Å². The van der Waals surface area contributed by atoms with E-state index in [4.69, 9.17) is 0 Å². The Morgan fingerprint density at radius 2 is 1.97 bits per heavy atom. The lowest BCUT2D eigenvalue weighted by Crippen LogP contribution is -2.47. The van der Waals surface area contributed by atoms with Crippen LogP contribution in [0, 0.1) is 6.92 Å². The first kappa shape index (κ1) is 19.7. The van der Waals surface area contributed by atoms with Crippen molar-refractivity contribution in [2.75, 3.05) is 0 Å². The third kappa shape index (κ3) is 3.22. The Morgan fingerprint density at radius 3 is 2.63 bits per heavy atom. The molecule has 154 valence electrons. The van der Waals surface area contributed by atoms with Gasteiger partial charge in [0.05, 0.1) is 23.6 Å². The molecule has 1 saturated carbocycles. The van der Waals surface area contributed by atoms with E-state index < -0.39 is 29.5 Å². The number of ketones is 2. The summed E-state index contributed by atoms with van der Waals surface area (Å²) in [4.78, 5) is 63.1. The van der Waals surface area contributed by atoms with Gasteiger partial charge in [0.1, 0.15) is 11.5 Å². The highest BCUT2D eigenvalue weighted by atomic mass is 16.2. The highest BCUT2D eigenvalue weighted by molar-refractivity contribution is 6.24. The Hall–Kier alpha value is -3.62. The van der Waals surface area contributed by atoms with Crippen LogP contribution in [-0.2, 0) is 23.2 Å².